The third-order valence-electron chi connectivity index (χ3n) is 4.18. The zero-order chi connectivity index (χ0) is 20.4. The molecule has 1 amide bonds. The van der Waals surface area contributed by atoms with Crippen LogP contribution in [0.1, 0.15) is 17.1 Å². The van der Waals surface area contributed by atoms with Crippen LogP contribution in [0.15, 0.2) is 34.6 Å². The largest absolute Gasteiger partial charge is 0.293 e. The molecule has 1 fully saturated rings. The number of thiocarbonyl (C=S) groups is 1. The molecule has 3 heterocycles. The molecule has 11 heteroatoms. The zero-order valence-corrected chi connectivity index (χ0v) is 18.7. The van der Waals surface area contributed by atoms with Gasteiger partial charge in [-0.25, -0.2) is 0 Å². The molecule has 0 atom stereocenters. The first-order chi connectivity index (χ1) is 14.0. The fourth-order valence-corrected chi connectivity index (χ4v) is 5.53. The fourth-order valence-electron chi connectivity index (χ4n) is 2.80. The van der Waals surface area contributed by atoms with E-state index in [0.717, 1.165) is 16.0 Å². The number of aryl methyl sites for hydroxylation is 1. The number of thioether (sulfide) groups is 1. The highest BCUT2D eigenvalue weighted by molar-refractivity contribution is 8.26. The first kappa shape index (κ1) is 20.5. The number of aromatic amines is 1. The number of nitrogens with zero attached hydrogens (tertiary/aromatic N) is 4. The van der Waals surface area contributed by atoms with Crippen LogP contribution in [0.5, 0.6) is 0 Å². The van der Waals surface area contributed by atoms with Crippen molar-refractivity contribution in [1.82, 2.24) is 25.5 Å². The van der Waals surface area contributed by atoms with Crippen LogP contribution in [0, 0.1) is 0 Å². The van der Waals surface area contributed by atoms with Crippen molar-refractivity contribution in [2.75, 3.05) is 6.54 Å². The molecular weight excluding hydrogens is 469 g/mol. The first-order valence-electron chi connectivity index (χ1n) is 8.53. The molecule has 148 valence electrons. The Morgan fingerprint density at radius 2 is 2.14 bits per heavy atom. The van der Waals surface area contributed by atoms with Gasteiger partial charge < -0.3 is 0 Å². The minimum atomic E-state index is -0.0763. The molecule has 1 aliphatic rings. The maximum Gasteiger partial charge on any atom is 0.266 e. The van der Waals surface area contributed by atoms with Crippen LogP contribution in [0.25, 0.3) is 17.2 Å². The van der Waals surface area contributed by atoms with E-state index in [-0.39, 0.29) is 5.91 Å². The number of H-pyrrole nitrogens is 1. The summed E-state index contributed by atoms with van der Waals surface area (Å²) in [6.45, 7) is 0.520. The molecule has 1 aliphatic heterocycles. The summed E-state index contributed by atoms with van der Waals surface area (Å²) in [6, 6.07) is 7.41. The number of thiophene rings is 1. The number of tetrazole rings is 1. The van der Waals surface area contributed by atoms with Gasteiger partial charge in [-0.3, -0.25) is 9.69 Å². The van der Waals surface area contributed by atoms with Crippen molar-refractivity contribution in [2.45, 2.75) is 12.8 Å². The van der Waals surface area contributed by atoms with Gasteiger partial charge in [-0.05, 0) is 41.6 Å². The summed E-state index contributed by atoms with van der Waals surface area (Å²) in [6.07, 6.45) is 3.21. The summed E-state index contributed by atoms with van der Waals surface area (Å²) in [5.41, 5.74) is 1.89. The second-order valence-corrected chi connectivity index (χ2v) is 9.59. The van der Waals surface area contributed by atoms with Crippen molar-refractivity contribution in [1.29, 1.82) is 0 Å². The summed E-state index contributed by atoms with van der Waals surface area (Å²) in [7, 11) is 0. The second kappa shape index (κ2) is 8.93. The summed E-state index contributed by atoms with van der Waals surface area (Å²) in [4.78, 5) is 15.9. The normalized spacial score (nSPS) is 15.7. The fraction of sp³-hybridized carbons (Fsp3) is 0.167. The molecule has 3 aromatic rings. The molecule has 0 bridgehead atoms. The molecule has 1 saturated heterocycles. The third-order valence-corrected chi connectivity index (χ3v) is 6.99. The van der Waals surface area contributed by atoms with E-state index in [9.17, 15) is 4.79 Å². The van der Waals surface area contributed by atoms with Crippen LogP contribution in [0.3, 0.4) is 0 Å². The highest BCUT2D eigenvalue weighted by atomic mass is 35.5. The van der Waals surface area contributed by atoms with Crippen molar-refractivity contribution in [3.8, 4) is 11.1 Å². The van der Waals surface area contributed by atoms with Crippen LogP contribution in [0.2, 0.25) is 10.0 Å². The van der Waals surface area contributed by atoms with E-state index >= 15 is 0 Å². The van der Waals surface area contributed by atoms with Crippen LogP contribution in [-0.4, -0.2) is 42.3 Å². The Hall–Kier alpha value is -1.78. The minimum Gasteiger partial charge on any atom is -0.293 e. The van der Waals surface area contributed by atoms with Gasteiger partial charge in [0.05, 0.1) is 4.91 Å². The third kappa shape index (κ3) is 4.70. The molecular formula is C18H13Cl2N5OS3. The number of benzene rings is 1. The Balaban J connectivity index is 1.45. The lowest BCUT2D eigenvalue weighted by Crippen LogP contribution is -2.29. The van der Waals surface area contributed by atoms with Gasteiger partial charge in [0.1, 0.15) is 4.32 Å². The SMILES string of the molecule is O=C1/C(=C/c2cc(-c3ccc(Cl)cc3Cl)cs2)SC(=S)N1CCCc1nn[nH]n1. The quantitative estimate of drug-likeness (QED) is 0.391. The van der Waals surface area contributed by atoms with E-state index in [0.29, 0.717) is 44.5 Å². The van der Waals surface area contributed by atoms with E-state index < -0.39 is 0 Å². The van der Waals surface area contributed by atoms with Crippen LogP contribution in [0.4, 0.5) is 0 Å². The van der Waals surface area contributed by atoms with Crippen LogP contribution < -0.4 is 0 Å². The van der Waals surface area contributed by atoms with Crippen LogP contribution in [-0.2, 0) is 11.2 Å². The number of hydrogen-bond acceptors (Lipinski definition) is 7. The van der Waals surface area contributed by atoms with Gasteiger partial charge in [-0.15, -0.1) is 21.5 Å². The lowest BCUT2D eigenvalue weighted by atomic mass is 10.1. The molecule has 0 saturated carbocycles. The zero-order valence-electron chi connectivity index (χ0n) is 14.8. The van der Waals surface area contributed by atoms with Crippen molar-refractivity contribution in [2.24, 2.45) is 0 Å². The molecule has 0 aliphatic carbocycles. The number of carbonyl (C=O) groups is 1. The average molecular weight is 482 g/mol. The van der Waals surface area contributed by atoms with E-state index in [4.69, 9.17) is 35.4 Å². The maximum absolute atomic E-state index is 12.7. The van der Waals surface area contributed by atoms with Gasteiger partial charge in [0.25, 0.3) is 5.91 Å². The Kier molecular flexibility index (Phi) is 6.31. The lowest BCUT2D eigenvalue weighted by molar-refractivity contribution is -0.122. The molecule has 2 aromatic heterocycles. The number of hydrogen-bond donors (Lipinski definition) is 1. The topological polar surface area (TPSA) is 74.8 Å². The molecule has 0 spiro atoms. The molecule has 0 unspecified atom stereocenters. The number of rotatable bonds is 6. The number of nitrogens with one attached hydrogen (secondary N) is 1. The van der Waals surface area contributed by atoms with Crippen molar-refractivity contribution in [3.05, 3.63) is 55.3 Å². The van der Waals surface area contributed by atoms with Crippen molar-refractivity contribution < 1.29 is 4.79 Å². The van der Waals surface area contributed by atoms with Gasteiger partial charge in [0.15, 0.2) is 5.82 Å². The molecule has 1 aromatic carbocycles. The highest BCUT2D eigenvalue weighted by Gasteiger charge is 2.31. The molecule has 0 radical (unpaired) electrons. The standard InChI is InChI=1S/C18H13Cl2N5OS3/c19-11-3-4-13(14(20)7-11)10-6-12(28-9-10)8-15-17(26)25(18(27)29-15)5-1-2-16-21-23-24-22-16/h3-4,6-9H,1-2,5H2,(H,21,22,23,24)/b15-8-. The van der Waals surface area contributed by atoms with Gasteiger partial charge in [0, 0.05) is 33.5 Å². The van der Waals surface area contributed by atoms with Crippen molar-refractivity contribution >= 4 is 74.8 Å². The van der Waals surface area contributed by atoms with Crippen molar-refractivity contribution in [3.63, 3.8) is 0 Å². The molecule has 1 N–H and O–H groups in total. The smallest absolute Gasteiger partial charge is 0.266 e. The van der Waals surface area contributed by atoms with Gasteiger partial charge >= 0.3 is 0 Å². The number of aromatic nitrogens is 4. The van der Waals surface area contributed by atoms with Gasteiger partial charge in [0.2, 0.25) is 0 Å². The second-order valence-electron chi connectivity index (χ2n) is 6.13. The average Bonchev–Trinajstić information content (AvgIpc) is 3.40. The van der Waals surface area contributed by atoms with E-state index in [2.05, 4.69) is 20.6 Å². The predicted molar refractivity (Wildman–Crippen MR) is 122 cm³/mol. The van der Waals surface area contributed by atoms with E-state index in [1.807, 2.05) is 23.6 Å². The number of carbonyl (C=O) groups excluding carboxylic acids is 1. The summed E-state index contributed by atoms with van der Waals surface area (Å²) in [5, 5.41) is 17.0. The Morgan fingerprint density at radius 1 is 1.28 bits per heavy atom. The molecule has 4 rings (SSSR count). The Bertz CT molecular complexity index is 1100. The Labute approximate surface area is 190 Å². The minimum absolute atomic E-state index is 0.0763. The van der Waals surface area contributed by atoms with Gasteiger partial charge in [-0.1, -0.05) is 58.5 Å². The monoisotopic (exact) mass is 481 g/mol. The molecule has 29 heavy (non-hydrogen) atoms. The number of halogens is 2. The maximum atomic E-state index is 12.7. The summed E-state index contributed by atoms with van der Waals surface area (Å²) in [5.74, 6) is 0.547. The van der Waals surface area contributed by atoms with Gasteiger partial charge in [-0.2, -0.15) is 5.21 Å². The predicted octanol–water partition coefficient (Wildman–Crippen LogP) is 5.07. The summed E-state index contributed by atoms with van der Waals surface area (Å²) >= 11 is 20.5. The first-order valence-corrected chi connectivity index (χ1v) is 11.4. The summed E-state index contributed by atoms with van der Waals surface area (Å²) < 4.78 is 0.562. The van der Waals surface area contributed by atoms with Crippen LogP contribution >= 0.6 is 58.5 Å². The number of amides is 1. The van der Waals surface area contributed by atoms with E-state index in [1.54, 1.807) is 28.4 Å². The van der Waals surface area contributed by atoms with E-state index in [1.165, 1.54) is 11.8 Å². The lowest BCUT2D eigenvalue weighted by Gasteiger charge is -2.13. The Morgan fingerprint density at radius 3 is 2.90 bits per heavy atom. The highest BCUT2D eigenvalue weighted by Crippen LogP contribution is 2.37. The molecule has 6 nitrogen and oxygen atoms in total.